The average molecular weight is 350 g/mol. The van der Waals surface area contributed by atoms with Crippen molar-refractivity contribution in [1.29, 1.82) is 0 Å². The molecule has 24 heavy (non-hydrogen) atoms. The van der Waals surface area contributed by atoms with Gasteiger partial charge in [-0.25, -0.2) is 19.7 Å². The van der Waals surface area contributed by atoms with Crippen LogP contribution in [0.4, 0.5) is 10.7 Å². The monoisotopic (exact) mass is 349 g/mol. The Hall–Kier alpha value is -2.15. The Morgan fingerprint density at radius 3 is 2.67 bits per heavy atom. The van der Waals surface area contributed by atoms with Crippen LogP contribution >= 0.6 is 11.6 Å². The third-order valence-corrected chi connectivity index (χ3v) is 4.56. The van der Waals surface area contributed by atoms with E-state index >= 15 is 0 Å². The van der Waals surface area contributed by atoms with Crippen molar-refractivity contribution in [3.63, 3.8) is 0 Å². The van der Waals surface area contributed by atoms with E-state index in [0.717, 1.165) is 43.2 Å². The van der Waals surface area contributed by atoms with Gasteiger partial charge in [-0.1, -0.05) is 18.5 Å². The molecule has 7 nitrogen and oxygen atoms in total. The molecule has 0 spiro atoms. The highest BCUT2D eigenvalue weighted by Gasteiger charge is 2.22. The Morgan fingerprint density at radius 2 is 2.00 bits per heavy atom. The van der Waals surface area contributed by atoms with Crippen molar-refractivity contribution in [2.24, 2.45) is 0 Å². The van der Waals surface area contributed by atoms with Crippen LogP contribution in [0.15, 0.2) is 12.3 Å². The second-order valence-corrected chi connectivity index (χ2v) is 6.41. The van der Waals surface area contributed by atoms with Gasteiger partial charge in [-0.15, -0.1) is 0 Å². The molecule has 0 unspecified atom stereocenters. The molecule has 0 saturated heterocycles. The zero-order valence-corrected chi connectivity index (χ0v) is 14.2. The van der Waals surface area contributed by atoms with Gasteiger partial charge in [-0.2, -0.15) is 0 Å². The average Bonchev–Trinajstić information content (AvgIpc) is 2.55. The van der Waals surface area contributed by atoms with Gasteiger partial charge >= 0.3 is 6.09 Å². The second-order valence-electron chi connectivity index (χ2n) is 6.03. The van der Waals surface area contributed by atoms with E-state index in [0.29, 0.717) is 16.6 Å². The molecule has 1 aliphatic carbocycles. The molecule has 128 valence electrons. The van der Waals surface area contributed by atoms with Crippen LogP contribution in [0.25, 0.3) is 11.0 Å². The number of halogens is 1. The number of carbonyl (C=O) groups is 1. The lowest BCUT2D eigenvalue weighted by Crippen LogP contribution is -2.39. The number of pyridine rings is 1. The van der Waals surface area contributed by atoms with Crippen LogP contribution in [-0.2, 0) is 6.42 Å². The molecule has 0 bridgehead atoms. The molecule has 1 fully saturated rings. The maximum atomic E-state index is 10.7. The van der Waals surface area contributed by atoms with Crippen molar-refractivity contribution in [3.05, 3.63) is 23.0 Å². The third kappa shape index (κ3) is 3.84. The van der Waals surface area contributed by atoms with E-state index in [1.165, 1.54) is 0 Å². The molecule has 8 heteroatoms. The number of nitrogens with zero attached hydrogens (tertiary/aromatic N) is 3. The summed E-state index contributed by atoms with van der Waals surface area (Å²) in [6.45, 7) is 2.05. The number of carboxylic acid groups (broad SMARTS) is 1. The third-order valence-electron chi connectivity index (χ3n) is 4.36. The van der Waals surface area contributed by atoms with Gasteiger partial charge < -0.3 is 15.7 Å². The minimum absolute atomic E-state index is 0.0381. The van der Waals surface area contributed by atoms with Crippen LogP contribution in [0, 0.1) is 0 Å². The first-order chi connectivity index (χ1) is 11.5. The molecular formula is C16H20ClN5O2. The lowest BCUT2D eigenvalue weighted by Gasteiger charge is -2.28. The lowest BCUT2D eigenvalue weighted by atomic mass is 9.91. The molecule has 2 aromatic heterocycles. The van der Waals surface area contributed by atoms with Crippen LogP contribution in [0.2, 0.25) is 5.15 Å². The van der Waals surface area contributed by atoms with Crippen molar-refractivity contribution in [2.75, 3.05) is 5.32 Å². The number of fused-ring (bicyclic) bond motifs is 1. The summed E-state index contributed by atoms with van der Waals surface area (Å²) < 4.78 is 0. The molecule has 0 aromatic carbocycles. The maximum absolute atomic E-state index is 10.7. The molecule has 1 saturated carbocycles. The summed E-state index contributed by atoms with van der Waals surface area (Å²) in [6, 6.07) is 2.12. The fraction of sp³-hybridized carbons (Fsp3) is 0.500. The summed E-state index contributed by atoms with van der Waals surface area (Å²) in [4.78, 5) is 23.9. The van der Waals surface area contributed by atoms with Gasteiger partial charge in [-0.3, -0.25) is 0 Å². The van der Waals surface area contributed by atoms with Crippen molar-refractivity contribution < 1.29 is 9.90 Å². The van der Waals surface area contributed by atoms with Crippen molar-refractivity contribution in [3.8, 4) is 0 Å². The zero-order chi connectivity index (χ0) is 17.1. The lowest BCUT2D eigenvalue weighted by molar-refractivity contribution is 0.185. The molecule has 2 heterocycles. The number of anilines is 1. The van der Waals surface area contributed by atoms with Crippen LogP contribution in [0.1, 0.15) is 38.2 Å². The van der Waals surface area contributed by atoms with Gasteiger partial charge in [0.15, 0.2) is 0 Å². The van der Waals surface area contributed by atoms with E-state index in [2.05, 4.69) is 32.5 Å². The number of amides is 1. The van der Waals surface area contributed by atoms with E-state index in [4.69, 9.17) is 16.7 Å². The van der Waals surface area contributed by atoms with Gasteiger partial charge in [0.25, 0.3) is 0 Å². The summed E-state index contributed by atoms with van der Waals surface area (Å²) in [5, 5.41) is 15.1. The van der Waals surface area contributed by atoms with Crippen molar-refractivity contribution in [2.45, 2.75) is 51.1 Å². The number of aryl methyl sites for hydroxylation is 1. The normalized spacial score (nSPS) is 20.8. The van der Waals surface area contributed by atoms with Gasteiger partial charge in [-0.05, 0) is 43.7 Å². The minimum atomic E-state index is -0.956. The molecule has 0 radical (unpaired) electrons. The summed E-state index contributed by atoms with van der Waals surface area (Å²) in [5.41, 5.74) is 2.56. The largest absolute Gasteiger partial charge is 0.465 e. The standard InChI is InChI=1S/C16H20ClN5O2/c1-2-9-7-13(17)21-12-8-18-15(22-14(9)12)19-10-3-5-11(6-4-10)20-16(23)24/h7-8,10-11,20H,2-6H2,1H3,(H,23,24)(H,18,19,22). The summed E-state index contributed by atoms with van der Waals surface area (Å²) in [6.07, 6.45) is 4.94. The van der Waals surface area contributed by atoms with Gasteiger partial charge in [0.05, 0.1) is 11.7 Å². The number of rotatable bonds is 4. The number of aromatic nitrogens is 3. The molecule has 1 amide bonds. The number of hydrogen-bond donors (Lipinski definition) is 3. The Kier molecular flexibility index (Phi) is 4.99. The van der Waals surface area contributed by atoms with Crippen LogP contribution in [-0.4, -0.2) is 38.2 Å². The number of hydrogen-bond acceptors (Lipinski definition) is 5. The van der Waals surface area contributed by atoms with E-state index in [1.807, 2.05) is 6.07 Å². The highest BCUT2D eigenvalue weighted by Crippen LogP contribution is 2.23. The van der Waals surface area contributed by atoms with Gasteiger partial charge in [0.1, 0.15) is 10.7 Å². The molecule has 0 aliphatic heterocycles. The summed E-state index contributed by atoms with van der Waals surface area (Å²) in [5.74, 6) is 0.580. The smallest absolute Gasteiger partial charge is 0.404 e. The fourth-order valence-electron chi connectivity index (χ4n) is 3.13. The van der Waals surface area contributed by atoms with Gasteiger partial charge in [0.2, 0.25) is 5.95 Å². The fourth-order valence-corrected chi connectivity index (χ4v) is 3.35. The summed E-state index contributed by atoms with van der Waals surface area (Å²) >= 11 is 6.02. The van der Waals surface area contributed by atoms with E-state index < -0.39 is 6.09 Å². The van der Waals surface area contributed by atoms with E-state index in [-0.39, 0.29) is 12.1 Å². The van der Waals surface area contributed by atoms with Gasteiger partial charge in [0, 0.05) is 12.1 Å². The highest BCUT2D eigenvalue weighted by atomic mass is 35.5. The van der Waals surface area contributed by atoms with E-state index in [1.54, 1.807) is 6.20 Å². The molecule has 0 atom stereocenters. The van der Waals surface area contributed by atoms with Crippen molar-refractivity contribution >= 4 is 34.7 Å². The number of nitrogens with one attached hydrogen (secondary N) is 2. The minimum Gasteiger partial charge on any atom is -0.465 e. The summed E-state index contributed by atoms with van der Waals surface area (Å²) in [7, 11) is 0. The van der Waals surface area contributed by atoms with Crippen LogP contribution in [0.3, 0.4) is 0 Å². The molecule has 1 aliphatic rings. The first kappa shape index (κ1) is 16.7. The van der Waals surface area contributed by atoms with Crippen molar-refractivity contribution in [1.82, 2.24) is 20.3 Å². The second kappa shape index (κ2) is 7.17. The van der Waals surface area contributed by atoms with Crippen LogP contribution < -0.4 is 10.6 Å². The SMILES string of the molecule is CCc1cc(Cl)nc2cnc(NC3CCC(NC(=O)O)CC3)nc12. The molecule has 3 rings (SSSR count). The Bertz CT molecular complexity index is 747. The Labute approximate surface area is 144 Å². The highest BCUT2D eigenvalue weighted by molar-refractivity contribution is 6.29. The predicted molar refractivity (Wildman–Crippen MR) is 92.5 cm³/mol. The van der Waals surface area contributed by atoms with Crippen LogP contribution in [0.5, 0.6) is 0 Å². The Balaban J connectivity index is 1.70. The zero-order valence-electron chi connectivity index (χ0n) is 13.4. The topological polar surface area (TPSA) is 100 Å². The first-order valence-corrected chi connectivity index (χ1v) is 8.51. The quantitative estimate of drug-likeness (QED) is 0.733. The molecular weight excluding hydrogens is 330 g/mol. The molecule has 2 aromatic rings. The first-order valence-electron chi connectivity index (χ1n) is 8.13. The predicted octanol–water partition coefficient (Wildman–Crippen LogP) is 3.23. The Morgan fingerprint density at radius 1 is 1.29 bits per heavy atom. The molecule has 3 N–H and O–H groups in total. The maximum Gasteiger partial charge on any atom is 0.404 e. The van der Waals surface area contributed by atoms with E-state index in [9.17, 15) is 4.79 Å².